The van der Waals surface area contributed by atoms with Crippen molar-refractivity contribution in [2.75, 3.05) is 52.5 Å². The number of nitrogens with zero attached hydrogens (tertiary/aromatic N) is 3. The molecule has 0 radical (unpaired) electrons. The maximum absolute atomic E-state index is 14.2. The molecule has 0 bridgehead atoms. The number of carbonyl (C=O) groups is 1. The normalized spacial score (nSPS) is 18.4. The highest BCUT2D eigenvalue weighted by atomic mass is 32.1. The number of morpholine rings is 1. The fourth-order valence-electron chi connectivity index (χ4n) is 4.60. The molecule has 0 atom stereocenters. The van der Waals surface area contributed by atoms with E-state index in [1.807, 2.05) is 10.3 Å². The predicted molar refractivity (Wildman–Crippen MR) is 129 cm³/mol. The number of thiazole rings is 1. The first-order valence-corrected chi connectivity index (χ1v) is 13.0. The van der Waals surface area contributed by atoms with Crippen LogP contribution in [0.5, 0.6) is 5.75 Å². The van der Waals surface area contributed by atoms with Crippen LogP contribution >= 0.6 is 11.3 Å². The Morgan fingerprint density at radius 1 is 1.26 bits per heavy atom. The third-order valence-corrected chi connectivity index (χ3v) is 7.86. The number of hydrogen-bond acceptors (Lipinski definition) is 7. The van der Waals surface area contributed by atoms with Gasteiger partial charge < -0.3 is 19.5 Å². The Labute approximate surface area is 208 Å². The van der Waals surface area contributed by atoms with Gasteiger partial charge in [0.2, 0.25) is 5.82 Å². The fraction of sp³-hybridized carbons (Fsp3) is 0.600. The van der Waals surface area contributed by atoms with Crippen LogP contribution in [-0.2, 0) is 11.2 Å². The van der Waals surface area contributed by atoms with Crippen LogP contribution in [-0.4, -0.2) is 83.9 Å². The second-order valence-electron chi connectivity index (χ2n) is 9.50. The number of ether oxygens (including phenoxy) is 2. The first kappa shape index (κ1) is 25.9. The number of carbonyl (C=O) groups excluding carboxylic acids is 1. The highest BCUT2D eigenvalue weighted by molar-refractivity contribution is 7.09. The summed E-state index contributed by atoms with van der Waals surface area (Å²) in [5.41, 5.74) is 0.284. The molecule has 0 aliphatic carbocycles. The minimum absolute atomic E-state index is 0.0362. The molecule has 0 unspecified atom stereocenters. The first-order chi connectivity index (χ1) is 16.8. The topological polar surface area (TPSA) is 75.1 Å². The van der Waals surface area contributed by atoms with Crippen molar-refractivity contribution in [3.8, 4) is 5.75 Å². The molecule has 4 rings (SSSR count). The monoisotopic (exact) mass is 509 g/mol. The van der Waals surface area contributed by atoms with Gasteiger partial charge in [-0.1, -0.05) is 19.9 Å². The van der Waals surface area contributed by atoms with Crippen molar-refractivity contribution in [2.24, 2.45) is 0 Å². The SMILES string of the molecule is CC(C)c1nc(C(=O)N2CCOC3(CCN(CCOc4ccc(CCO)c(F)c4F)CC3)C2)cs1. The molecule has 1 aromatic heterocycles. The quantitative estimate of drug-likeness (QED) is 0.588. The fourth-order valence-corrected chi connectivity index (χ4v) is 5.41. The molecule has 1 N–H and O–H groups in total. The number of aliphatic hydroxyl groups is 1. The van der Waals surface area contributed by atoms with Crippen LogP contribution in [0.4, 0.5) is 8.78 Å². The minimum atomic E-state index is -1.02. The van der Waals surface area contributed by atoms with Gasteiger partial charge >= 0.3 is 0 Å². The molecule has 192 valence electrons. The number of halogens is 2. The van der Waals surface area contributed by atoms with Crippen LogP contribution in [0.2, 0.25) is 0 Å². The molecule has 2 fully saturated rings. The molecule has 3 heterocycles. The molecule has 1 amide bonds. The van der Waals surface area contributed by atoms with Crippen molar-refractivity contribution in [1.29, 1.82) is 0 Å². The molecule has 1 aromatic carbocycles. The van der Waals surface area contributed by atoms with E-state index in [9.17, 15) is 13.6 Å². The standard InChI is InChI=1S/C25H33F2N3O4S/c1-17(2)23-28-19(15-35-23)24(32)30-11-14-34-25(16-30)6-8-29(9-7-25)10-13-33-20-4-3-18(5-12-31)21(26)22(20)27/h3-4,15,17,31H,5-14,16H2,1-2H3. The van der Waals surface area contributed by atoms with E-state index in [0.717, 1.165) is 30.9 Å². The summed E-state index contributed by atoms with van der Waals surface area (Å²) in [6.07, 6.45) is 1.63. The molecule has 1 spiro atoms. The number of amides is 1. The average molecular weight is 510 g/mol. The van der Waals surface area contributed by atoms with E-state index in [1.165, 1.54) is 23.5 Å². The summed E-state index contributed by atoms with van der Waals surface area (Å²) in [4.78, 5) is 21.6. The lowest BCUT2D eigenvalue weighted by atomic mass is 9.89. The molecular formula is C25H33F2N3O4S. The molecule has 35 heavy (non-hydrogen) atoms. The van der Waals surface area contributed by atoms with Crippen molar-refractivity contribution >= 4 is 17.2 Å². The summed E-state index contributed by atoms with van der Waals surface area (Å²) in [6, 6.07) is 2.85. The Kier molecular flexibility index (Phi) is 8.36. The van der Waals surface area contributed by atoms with Crippen LogP contribution in [0.25, 0.3) is 0 Å². The summed E-state index contributed by atoms with van der Waals surface area (Å²) in [6.45, 7) is 7.86. The number of piperidine rings is 1. The number of likely N-dealkylation sites (tertiary alicyclic amines) is 1. The molecule has 2 aliphatic heterocycles. The molecular weight excluding hydrogens is 476 g/mol. The Morgan fingerprint density at radius 3 is 2.71 bits per heavy atom. The van der Waals surface area contributed by atoms with E-state index in [4.69, 9.17) is 14.6 Å². The number of aliphatic hydroxyl groups excluding tert-OH is 1. The van der Waals surface area contributed by atoms with Crippen molar-refractivity contribution in [2.45, 2.75) is 44.6 Å². The van der Waals surface area contributed by atoms with E-state index in [1.54, 1.807) is 0 Å². The van der Waals surface area contributed by atoms with Gasteiger partial charge in [0.05, 0.1) is 23.8 Å². The van der Waals surface area contributed by atoms with E-state index in [0.29, 0.717) is 37.9 Å². The van der Waals surface area contributed by atoms with Gasteiger partial charge in [-0.3, -0.25) is 9.69 Å². The summed E-state index contributed by atoms with van der Waals surface area (Å²) in [7, 11) is 0. The molecule has 2 aromatic rings. The van der Waals surface area contributed by atoms with Gasteiger partial charge in [-0.15, -0.1) is 11.3 Å². The number of rotatable bonds is 8. The maximum Gasteiger partial charge on any atom is 0.273 e. The molecule has 0 saturated carbocycles. The van der Waals surface area contributed by atoms with Crippen LogP contribution in [0.15, 0.2) is 17.5 Å². The van der Waals surface area contributed by atoms with Crippen molar-refractivity contribution < 1.29 is 28.2 Å². The lowest BCUT2D eigenvalue weighted by molar-refractivity contribution is -0.127. The lowest BCUT2D eigenvalue weighted by Gasteiger charge is -2.47. The van der Waals surface area contributed by atoms with Gasteiger partial charge in [-0.05, 0) is 30.9 Å². The number of hydrogen-bond donors (Lipinski definition) is 1. The lowest BCUT2D eigenvalue weighted by Crippen LogP contribution is -2.58. The van der Waals surface area contributed by atoms with Crippen LogP contribution in [0.1, 0.15) is 53.7 Å². The van der Waals surface area contributed by atoms with Crippen LogP contribution in [0.3, 0.4) is 0 Å². The molecule has 2 saturated heterocycles. The zero-order valence-electron chi connectivity index (χ0n) is 20.3. The van der Waals surface area contributed by atoms with Gasteiger partial charge in [0, 0.05) is 44.1 Å². The minimum Gasteiger partial charge on any atom is -0.489 e. The molecule has 7 nitrogen and oxygen atoms in total. The Balaban J connectivity index is 1.26. The number of benzene rings is 1. The zero-order chi connectivity index (χ0) is 25.0. The summed E-state index contributed by atoms with van der Waals surface area (Å²) >= 11 is 1.52. The van der Waals surface area contributed by atoms with Gasteiger partial charge in [0.15, 0.2) is 11.6 Å². The van der Waals surface area contributed by atoms with Crippen molar-refractivity contribution in [1.82, 2.24) is 14.8 Å². The summed E-state index contributed by atoms with van der Waals surface area (Å²) in [5.74, 6) is -1.85. The van der Waals surface area contributed by atoms with Crippen LogP contribution < -0.4 is 4.74 Å². The van der Waals surface area contributed by atoms with Crippen LogP contribution in [0, 0.1) is 11.6 Å². The maximum atomic E-state index is 14.2. The van der Waals surface area contributed by atoms with Crippen molar-refractivity contribution in [3.05, 3.63) is 45.4 Å². The van der Waals surface area contributed by atoms with Gasteiger partial charge in [-0.2, -0.15) is 4.39 Å². The predicted octanol–water partition coefficient (Wildman–Crippen LogP) is 3.47. The van der Waals surface area contributed by atoms with E-state index < -0.39 is 11.6 Å². The van der Waals surface area contributed by atoms with E-state index in [-0.39, 0.29) is 42.5 Å². The van der Waals surface area contributed by atoms with E-state index in [2.05, 4.69) is 23.7 Å². The Hall–Kier alpha value is -2.14. The van der Waals surface area contributed by atoms with Gasteiger partial charge in [-0.25, -0.2) is 9.37 Å². The van der Waals surface area contributed by atoms with E-state index >= 15 is 0 Å². The summed E-state index contributed by atoms with van der Waals surface area (Å²) < 4.78 is 39.9. The zero-order valence-corrected chi connectivity index (χ0v) is 21.1. The third-order valence-electron chi connectivity index (χ3n) is 6.71. The highest BCUT2D eigenvalue weighted by Crippen LogP contribution is 2.31. The average Bonchev–Trinajstić information content (AvgIpc) is 3.35. The molecule has 10 heteroatoms. The van der Waals surface area contributed by atoms with Gasteiger partial charge in [0.1, 0.15) is 12.3 Å². The summed E-state index contributed by atoms with van der Waals surface area (Å²) in [5, 5.41) is 11.8. The Morgan fingerprint density at radius 2 is 2.03 bits per heavy atom. The van der Waals surface area contributed by atoms with Gasteiger partial charge in [0.25, 0.3) is 5.91 Å². The first-order valence-electron chi connectivity index (χ1n) is 12.1. The Bertz CT molecular complexity index is 1020. The van der Waals surface area contributed by atoms with Crippen molar-refractivity contribution in [3.63, 3.8) is 0 Å². The highest BCUT2D eigenvalue weighted by Gasteiger charge is 2.41. The second-order valence-corrected chi connectivity index (χ2v) is 10.4. The second kappa shape index (κ2) is 11.3. The smallest absolute Gasteiger partial charge is 0.273 e. The third kappa shape index (κ3) is 5.99. The largest absolute Gasteiger partial charge is 0.489 e. The molecule has 2 aliphatic rings. The number of aromatic nitrogens is 1.